The minimum Gasteiger partial charge on any atom is -0.492 e. The van der Waals surface area contributed by atoms with Gasteiger partial charge in [-0.1, -0.05) is 18.6 Å². The summed E-state index contributed by atoms with van der Waals surface area (Å²) in [6.45, 7) is 3.65. The third kappa shape index (κ3) is 2.27. The third-order valence-electron chi connectivity index (χ3n) is 3.89. The first-order valence-corrected chi connectivity index (χ1v) is 6.83. The van der Waals surface area contributed by atoms with Crippen LogP contribution in [0.25, 0.3) is 0 Å². The number of hydrogen-bond donors (Lipinski definition) is 0. The SMILES string of the molecule is O=C1c2ccccc2OCC1CN1CCCCC1. The highest BCUT2D eigenvalue weighted by Gasteiger charge is 2.30. The molecular weight excluding hydrogens is 226 g/mol. The number of fused-ring (bicyclic) bond motifs is 1. The van der Waals surface area contributed by atoms with E-state index in [0.717, 1.165) is 30.9 Å². The number of carbonyl (C=O) groups excluding carboxylic acids is 1. The van der Waals surface area contributed by atoms with Crippen LogP contribution in [0.15, 0.2) is 24.3 Å². The number of benzene rings is 1. The molecule has 0 amide bonds. The summed E-state index contributed by atoms with van der Waals surface area (Å²) in [7, 11) is 0. The molecule has 3 heteroatoms. The number of rotatable bonds is 2. The summed E-state index contributed by atoms with van der Waals surface area (Å²) in [6.07, 6.45) is 3.85. The quantitative estimate of drug-likeness (QED) is 0.801. The van der Waals surface area contributed by atoms with Gasteiger partial charge in [-0.3, -0.25) is 4.79 Å². The smallest absolute Gasteiger partial charge is 0.174 e. The van der Waals surface area contributed by atoms with Gasteiger partial charge in [0.1, 0.15) is 5.75 Å². The number of ether oxygens (including phenoxy) is 1. The first kappa shape index (κ1) is 11.7. The van der Waals surface area contributed by atoms with Crippen LogP contribution in [0.2, 0.25) is 0 Å². The van der Waals surface area contributed by atoms with Crippen LogP contribution in [-0.2, 0) is 0 Å². The molecule has 1 atom stereocenters. The van der Waals surface area contributed by atoms with Crippen molar-refractivity contribution in [2.45, 2.75) is 19.3 Å². The predicted molar refractivity (Wildman–Crippen MR) is 70.0 cm³/mol. The monoisotopic (exact) mass is 245 g/mol. The van der Waals surface area contributed by atoms with Gasteiger partial charge in [0.05, 0.1) is 18.1 Å². The Kier molecular flexibility index (Phi) is 3.33. The van der Waals surface area contributed by atoms with Crippen LogP contribution in [0.1, 0.15) is 29.6 Å². The molecule has 3 rings (SSSR count). The molecule has 1 unspecified atom stereocenters. The number of likely N-dealkylation sites (tertiary alicyclic amines) is 1. The summed E-state index contributed by atoms with van der Waals surface area (Å²) in [5.74, 6) is 1.01. The van der Waals surface area contributed by atoms with Gasteiger partial charge in [-0.25, -0.2) is 0 Å². The zero-order chi connectivity index (χ0) is 12.4. The lowest BCUT2D eigenvalue weighted by Gasteiger charge is -2.32. The molecule has 1 aromatic rings. The van der Waals surface area contributed by atoms with Crippen LogP contribution in [0.3, 0.4) is 0 Å². The van der Waals surface area contributed by atoms with Gasteiger partial charge >= 0.3 is 0 Å². The highest BCUT2D eigenvalue weighted by Crippen LogP contribution is 2.27. The number of nitrogens with zero attached hydrogens (tertiary/aromatic N) is 1. The zero-order valence-electron chi connectivity index (χ0n) is 10.6. The highest BCUT2D eigenvalue weighted by atomic mass is 16.5. The first-order chi connectivity index (χ1) is 8.84. The molecule has 18 heavy (non-hydrogen) atoms. The highest BCUT2D eigenvalue weighted by molar-refractivity contribution is 6.01. The number of ketones is 1. The second kappa shape index (κ2) is 5.11. The van der Waals surface area contributed by atoms with E-state index >= 15 is 0 Å². The average Bonchev–Trinajstić information content (AvgIpc) is 2.43. The van der Waals surface area contributed by atoms with E-state index in [0.29, 0.717) is 6.61 Å². The van der Waals surface area contributed by atoms with Crippen molar-refractivity contribution in [2.24, 2.45) is 5.92 Å². The summed E-state index contributed by atoms with van der Waals surface area (Å²) in [5, 5.41) is 0. The second-order valence-corrected chi connectivity index (χ2v) is 5.23. The fourth-order valence-electron chi connectivity index (χ4n) is 2.87. The summed E-state index contributed by atoms with van der Waals surface area (Å²) in [4.78, 5) is 14.8. The Morgan fingerprint density at radius 2 is 1.94 bits per heavy atom. The number of hydrogen-bond acceptors (Lipinski definition) is 3. The minimum absolute atomic E-state index is 0.0120. The lowest BCUT2D eigenvalue weighted by molar-refractivity contribution is 0.0752. The van der Waals surface area contributed by atoms with Crippen molar-refractivity contribution in [3.8, 4) is 5.75 Å². The van der Waals surface area contributed by atoms with E-state index in [9.17, 15) is 4.79 Å². The van der Waals surface area contributed by atoms with E-state index in [-0.39, 0.29) is 11.7 Å². The summed E-state index contributed by atoms with van der Waals surface area (Å²) in [5.41, 5.74) is 0.755. The summed E-state index contributed by atoms with van der Waals surface area (Å²) >= 11 is 0. The van der Waals surface area contributed by atoms with E-state index in [1.807, 2.05) is 24.3 Å². The summed E-state index contributed by atoms with van der Waals surface area (Å²) in [6, 6.07) is 7.57. The predicted octanol–water partition coefficient (Wildman–Crippen LogP) is 2.36. The maximum absolute atomic E-state index is 12.4. The van der Waals surface area contributed by atoms with Gasteiger partial charge < -0.3 is 9.64 Å². The molecule has 2 aliphatic rings. The molecule has 96 valence electrons. The Bertz CT molecular complexity index is 438. The van der Waals surface area contributed by atoms with E-state index < -0.39 is 0 Å². The molecule has 0 bridgehead atoms. The van der Waals surface area contributed by atoms with Gasteiger partial charge in [-0.15, -0.1) is 0 Å². The molecule has 1 saturated heterocycles. The molecule has 3 nitrogen and oxygen atoms in total. The van der Waals surface area contributed by atoms with Crippen LogP contribution < -0.4 is 4.74 Å². The van der Waals surface area contributed by atoms with Crippen LogP contribution in [0, 0.1) is 5.92 Å². The zero-order valence-corrected chi connectivity index (χ0v) is 10.6. The Labute approximate surface area is 108 Å². The lowest BCUT2D eigenvalue weighted by atomic mass is 9.94. The van der Waals surface area contributed by atoms with Crippen LogP contribution in [0.5, 0.6) is 5.75 Å². The molecule has 0 saturated carbocycles. The normalized spacial score (nSPS) is 24.4. The van der Waals surface area contributed by atoms with Crippen molar-refractivity contribution in [3.05, 3.63) is 29.8 Å². The van der Waals surface area contributed by atoms with Gasteiger partial charge in [-0.2, -0.15) is 0 Å². The fourth-order valence-corrected chi connectivity index (χ4v) is 2.87. The van der Waals surface area contributed by atoms with Crippen molar-refractivity contribution in [2.75, 3.05) is 26.2 Å². The number of Topliss-reactive ketones (excluding diaryl/α,β-unsaturated/α-hetero) is 1. The minimum atomic E-state index is 0.0120. The Morgan fingerprint density at radius 3 is 2.78 bits per heavy atom. The Morgan fingerprint density at radius 1 is 1.17 bits per heavy atom. The van der Waals surface area contributed by atoms with Crippen molar-refractivity contribution in [3.63, 3.8) is 0 Å². The largest absolute Gasteiger partial charge is 0.492 e. The topological polar surface area (TPSA) is 29.5 Å². The maximum atomic E-state index is 12.4. The van der Waals surface area contributed by atoms with Gasteiger partial charge in [0.15, 0.2) is 5.78 Å². The number of piperidine rings is 1. The molecular formula is C15H19NO2. The fraction of sp³-hybridized carbons (Fsp3) is 0.533. The van der Waals surface area contributed by atoms with E-state index in [1.54, 1.807) is 0 Å². The average molecular weight is 245 g/mol. The molecule has 0 radical (unpaired) electrons. The Hall–Kier alpha value is -1.35. The number of carbonyl (C=O) groups is 1. The second-order valence-electron chi connectivity index (χ2n) is 5.23. The first-order valence-electron chi connectivity index (χ1n) is 6.83. The third-order valence-corrected chi connectivity index (χ3v) is 3.89. The van der Waals surface area contributed by atoms with Crippen LogP contribution in [0.4, 0.5) is 0 Å². The van der Waals surface area contributed by atoms with Gasteiger partial charge in [-0.05, 0) is 38.1 Å². The molecule has 0 spiro atoms. The van der Waals surface area contributed by atoms with Gasteiger partial charge in [0, 0.05) is 6.54 Å². The van der Waals surface area contributed by atoms with Gasteiger partial charge in [0.25, 0.3) is 0 Å². The standard InChI is InChI=1S/C15H19NO2/c17-15-12(10-16-8-4-1-5-9-16)11-18-14-7-3-2-6-13(14)15/h2-3,6-7,12H,1,4-5,8-11H2. The maximum Gasteiger partial charge on any atom is 0.174 e. The molecule has 0 aromatic heterocycles. The lowest BCUT2D eigenvalue weighted by Crippen LogP contribution is -2.40. The number of para-hydroxylation sites is 1. The Balaban J connectivity index is 1.70. The molecule has 0 aliphatic carbocycles. The molecule has 0 N–H and O–H groups in total. The van der Waals surface area contributed by atoms with Crippen LogP contribution in [-0.4, -0.2) is 36.9 Å². The molecule has 2 aliphatic heterocycles. The molecule has 2 heterocycles. The van der Waals surface area contributed by atoms with Crippen LogP contribution >= 0.6 is 0 Å². The van der Waals surface area contributed by atoms with Crippen molar-refractivity contribution < 1.29 is 9.53 Å². The van der Waals surface area contributed by atoms with E-state index in [1.165, 1.54) is 19.3 Å². The van der Waals surface area contributed by atoms with E-state index in [4.69, 9.17) is 4.74 Å². The summed E-state index contributed by atoms with van der Waals surface area (Å²) < 4.78 is 5.70. The molecule has 1 aromatic carbocycles. The van der Waals surface area contributed by atoms with Crippen molar-refractivity contribution >= 4 is 5.78 Å². The van der Waals surface area contributed by atoms with E-state index in [2.05, 4.69) is 4.90 Å². The van der Waals surface area contributed by atoms with Crippen molar-refractivity contribution in [1.29, 1.82) is 0 Å². The molecule has 1 fully saturated rings. The van der Waals surface area contributed by atoms with Gasteiger partial charge in [0.2, 0.25) is 0 Å². The van der Waals surface area contributed by atoms with Crippen molar-refractivity contribution in [1.82, 2.24) is 4.90 Å².